The first-order valence-corrected chi connectivity index (χ1v) is 9.30. The molecule has 152 valence electrons. The second kappa shape index (κ2) is 9.70. The number of hydrogen-bond donors (Lipinski definition) is 2. The molecule has 0 spiro atoms. The van der Waals surface area contributed by atoms with Gasteiger partial charge in [0.25, 0.3) is 11.8 Å². The van der Waals surface area contributed by atoms with E-state index >= 15 is 0 Å². The van der Waals surface area contributed by atoms with Crippen molar-refractivity contribution in [1.29, 1.82) is 0 Å². The van der Waals surface area contributed by atoms with Crippen molar-refractivity contribution in [2.45, 2.75) is 13.0 Å². The van der Waals surface area contributed by atoms with E-state index in [1.54, 1.807) is 54.3 Å². The van der Waals surface area contributed by atoms with Gasteiger partial charge in [-0.05, 0) is 31.2 Å². The lowest BCUT2D eigenvalue weighted by Crippen LogP contribution is -2.41. The quantitative estimate of drug-likeness (QED) is 0.575. The number of nitrogens with one attached hydrogen (secondary N) is 1. The Labute approximate surface area is 168 Å². The molecule has 3 rings (SSSR count). The normalized spacial score (nSPS) is 15.1. The van der Waals surface area contributed by atoms with Gasteiger partial charge in [0.2, 0.25) is 6.10 Å². The molecule has 1 aliphatic heterocycles. The Kier molecular flexibility index (Phi) is 6.80. The average Bonchev–Trinajstić information content (AvgIpc) is 2.75. The standard InChI is InChI=1S/C21H23N3O5/c1-15(29-22-14-16-6-2-5-9-19(16)25)20(26)23-18-8-4-3-7-17(18)21(27)24-10-12-28-13-11-24/h2-9,14-15,25H,10-13H2,1H3,(H,23,26)/b22-14+. The van der Waals surface area contributed by atoms with Crippen LogP contribution in [0.4, 0.5) is 5.69 Å². The number of phenols is 1. The van der Waals surface area contributed by atoms with E-state index in [4.69, 9.17) is 9.57 Å². The maximum atomic E-state index is 12.8. The number of benzene rings is 2. The van der Waals surface area contributed by atoms with Crippen LogP contribution < -0.4 is 5.32 Å². The predicted octanol–water partition coefficient (Wildman–Crippen LogP) is 2.24. The van der Waals surface area contributed by atoms with Gasteiger partial charge in [0.15, 0.2) is 0 Å². The van der Waals surface area contributed by atoms with Crippen LogP contribution >= 0.6 is 0 Å². The van der Waals surface area contributed by atoms with Crippen LogP contribution in [0.5, 0.6) is 5.75 Å². The fourth-order valence-electron chi connectivity index (χ4n) is 2.77. The van der Waals surface area contributed by atoms with Crippen LogP contribution in [-0.2, 0) is 14.4 Å². The SMILES string of the molecule is CC(O/N=C/c1ccccc1O)C(=O)Nc1ccccc1C(=O)N1CCOCC1. The monoisotopic (exact) mass is 397 g/mol. The minimum atomic E-state index is -0.899. The fraction of sp³-hybridized carbons (Fsp3) is 0.286. The molecule has 0 bridgehead atoms. The van der Waals surface area contributed by atoms with Gasteiger partial charge < -0.3 is 24.9 Å². The van der Waals surface area contributed by atoms with Crippen molar-refractivity contribution in [1.82, 2.24) is 4.90 Å². The molecule has 1 aliphatic rings. The second-order valence-corrected chi connectivity index (χ2v) is 6.48. The zero-order chi connectivity index (χ0) is 20.6. The molecule has 0 saturated carbocycles. The third-order valence-electron chi connectivity index (χ3n) is 4.43. The number of aromatic hydroxyl groups is 1. The highest BCUT2D eigenvalue weighted by Crippen LogP contribution is 2.19. The number of carbonyl (C=O) groups excluding carboxylic acids is 2. The van der Waals surface area contributed by atoms with E-state index in [0.29, 0.717) is 43.1 Å². The Hall–Kier alpha value is -3.39. The lowest BCUT2D eigenvalue weighted by Gasteiger charge is -2.27. The number of para-hydroxylation sites is 2. The summed E-state index contributed by atoms with van der Waals surface area (Å²) in [5.74, 6) is -0.537. The Bertz CT molecular complexity index is 893. The van der Waals surface area contributed by atoms with Crippen LogP contribution in [0.15, 0.2) is 53.7 Å². The fourth-order valence-corrected chi connectivity index (χ4v) is 2.77. The zero-order valence-electron chi connectivity index (χ0n) is 16.1. The van der Waals surface area contributed by atoms with Crippen molar-refractivity contribution in [2.24, 2.45) is 5.16 Å². The number of phenolic OH excluding ortho intramolecular Hbond substituents is 1. The van der Waals surface area contributed by atoms with E-state index in [9.17, 15) is 14.7 Å². The highest BCUT2D eigenvalue weighted by Gasteiger charge is 2.23. The van der Waals surface area contributed by atoms with E-state index in [1.165, 1.54) is 12.3 Å². The largest absolute Gasteiger partial charge is 0.507 e. The highest BCUT2D eigenvalue weighted by molar-refractivity contribution is 6.04. The Morgan fingerprint density at radius 2 is 1.86 bits per heavy atom. The van der Waals surface area contributed by atoms with Crippen molar-refractivity contribution >= 4 is 23.7 Å². The number of rotatable bonds is 6. The first kappa shape index (κ1) is 20.3. The summed E-state index contributed by atoms with van der Waals surface area (Å²) >= 11 is 0. The predicted molar refractivity (Wildman–Crippen MR) is 108 cm³/mol. The number of carbonyl (C=O) groups is 2. The van der Waals surface area contributed by atoms with Crippen molar-refractivity contribution in [3.8, 4) is 5.75 Å². The van der Waals surface area contributed by atoms with Crippen LogP contribution in [-0.4, -0.2) is 60.4 Å². The van der Waals surface area contributed by atoms with Gasteiger partial charge in [0.1, 0.15) is 5.75 Å². The smallest absolute Gasteiger partial charge is 0.268 e. The molecule has 1 fully saturated rings. The Morgan fingerprint density at radius 3 is 2.62 bits per heavy atom. The Balaban J connectivity index is 1.62. The molecule has 1 unspecified atom stereocenters. The van der Waals surface area contributed by atoms with Gasteiger partial charge in [-0.2, -0.15) is 0 Å². The van der Waals surface area contributed by atoms with Crippen molar-refractivity contribution < 1.29 is 24.3 Å². The second-order valence-electron chi connectivity index (χ2n) is 6.48. The molecule has 2 aromatic carbocycles. The molecular formula is C21H23N3O5. The maximum Gasteiger partial charge on any atom is 0.268 e. The van der Waals surface area contributed by atoms with Crippen molar-refractivity contribution in [2.75, 3.05) is 31.6 Å². The summed E-state index contributed by atoms with van der Waals surface area (Å²) in [6.07, 6.45) is 0.429. The number of amides is 2. The van der Waals surface area contributed by atoms with Crippen molar-refractivity contribution in [3.05, 3.63) is 59.7 Å². The number of oxime groups is 1. The molecular weight excluding hydrogens is 374 g/mol. The van der Waals surface area contributed by atoms with Gasteiger partial charge >= 0.3 is 0 Å². The topological polar surface area (TPSA) is 100 Å². The highest BCUT2D eigenvalue weighted by atomic mass is 16.6. The Morgan fingerprint density at radius 1 is 1.17 bits per heavy atom. The molecule has 8 heteroatoms. The maximum absolute atomic E-state index is 12.8. The van der Waals surface area contributed by atoms with Gasteiger partial charge in [0.05, 0.1) is 30.7 Å². The summed E-state index contributed by atoms with van der Waals surface area (Å²) in [5.41, 5.74) is 1.29. The molecule has 29 heavy (non-hydrogen) atoms. The first-order chi connectivity index (χ1) is 14.1. The molecule has 2 amide bonds. The van der Waals surface area contributed by atoms with Crippen LogP contribution in [0.25, 0.3) is 0 Å². The summed E-state index contributed by atoms with van der Waals surface area (Å²) < 4.78 is 5.28. The zero-order valence-corrected chi connectivity index (χ0v) is 16.1. The minimum Gasteiger partial charge on any atom is -0.507 e. The molecule has 8 nitrogen and oxygen atoms in total. The lowest BCUT2D eigenvalue weighted by atomic mass is 10.1. The van der Waals surface area contributed by atoms with E-state index in [1.807, 2.05) is 0 Å². The van der Waals surface area contributed by atoms with Gasteiger partial charge in [-0.1, -0.05) is 29.4 Å². The van der Waals surface area contributed by atoms with Crippen LogP contribution in [0, 0.1) is 0 Å². The summed E-state index contributed by atoms with van der Waals surface area (Å²) in [5, 5.41) is 16.2. The molecule has 0 radical (unpaired) electrons. The summed E-state index contributed by atoms with van der Waals surface area (Å²) in [6.45, 7) is 3.58. The first-order valence-electron chi connectivity index (χ1n) is 9.30. The summed E-state index contributed by atoms with van der Waals surface area (Å²) in [6, 6.07) is 13.5. The molecule has 2 aromatic rings. The molecule has 1 heterocycles. The van der Waals surface area contributed by atoms with E-state index in [0.717, 1.165) is 0 Å². The molecule has 1 saturated heterocycles. The van der Waals surface area contributed by atoms with Crippen LogP contribution in [0.1, 0.15) is 22.8 Å². The van der Waals surface area contributed by atoms with Crippen LogP contribution in [0.2, 0.25) is 0 Å². The number of anilines is 1. The van der Waals surface area contributed by atoms with Gasteiger partial charge in [-0.15, -0.1) is 0 Å². The lowest BCUT2D eigenvalue weighted by molar-refractivity contribution is -0.126. The average molecular weight is 397 g/mol. The van der Waals surface area contributed by atoms with Gasteiger partial charge in [0, 0.05) is 18.7 Å². The van der Waals surface area contributed by atoms with E-state index < -0.39 is 12.0 Å². The van der Waals surface area contributed by atoms with Crippen LogP contribution in [0.3, 0.4) is 0 Å². The summed E-state index contributed by atoms with van der Waals surface area (Å²) in [4.78, 5) is 32.1. The van der Waals surface area contributed by atoms with E-state index in [-0.39, 0.29) is 11.7 Å². The number of nitrogens with zero attached hydrogens (tertiary/aromatic N) is 2. The molecule has 0 aliphatic carbocycles. The third-order valence-corrected chi connectivity index (χ3v) is 4.43. The van der Waals surface area contributed by atoms with E-state index in [2.05, 4.69) is 10.5 Å². The third kappa shape index (κ3) is 5.32. The number of hydrogen-bond acceptors (Lipinski definition) is 6. The number of ether oxygens (including phenoxy) is 1. The van der Waals surface area contributed by atoms with Crippen molar-refractivity contribution in [3.63, 3.8) is 0 Å². The van der Waals surface area contributed by atoms with Gasteiger partial charge in [-0.25, -0.2) is 0 Å². The minimum absolute atomic E-state index is 0.0625. The molecule has 1 atom stereocenters. The number of morpholine rings is 1. The van der Waals surface area contributed by atoms with Gasteiger partial charge in [-0.3, -0.25) is 9.59 Å². The molecule has 2 N–H and O–H groups in total. The summed E-state index contributed by atoms with van der Waals surface area (Å²) in [7, 11) is 0. The molecule has 0 aromatic heterocycles.